The number of anilines is 1. The molecule has 0 aliphatic carbocycles. The smallest absolute Gasteiger partial charge is 0.228 e. The van der Waals surface area contributed by atoms with Gasteiger partial charge in [-0.25, -0.2) is 0 Å². The first-order valence-corrected chi connectivity index (χ1v) is 7.74. The Kier molecular flexibility index (Phi) is 5.21. The average molecular weight is 335 g/mol. The third-order valence-electron chi connectivity index (χ3n) is 3.98. The first kappa shape index (κ1) is 17.2. The number of hydrogen-bond donors (Lipinski definition) is 2. The quantitative estimate of drug-likeness (QED) is 0.888. The van der Waals surface area contributed by atoms with Crippen molar-refractivity contribution in [2.24, 2.45) is 5.92 Å². The molecule has 1 aromatic carbocycles. The molecule has 5 nitrogen and oxygen atoms in total. The largest absolute Gasteiger partial charge is 0.329 e. The van der Waals surface area contributed by atoms with Gasteiger partial charge in [-0.1, -0.05) is 17.7 Å². The van der Waals surface area contributed by atoms with Crippen LogP contribution in [-0.2, 0) is 14.4 Å². The van der Waals surface area contributed by atoms with Crippen LogP contribution in [0, 0.1) is 12.8 Å². The van der Waals surface area contributed by atoms with Crippen LogP contribution < -0.4 is 10.6 Å². The Morgan fingerprint density at radius 3 is 2.70 bits per heavy atom. The summed E-state index contributed by atoms with van der Waals surface area (Å²) in [6.07, 6.45) is 0.302. The second kappa shape index (κ2) is 6.96. The van der Waals surface area contributed by atoms with Crippen LogP contribution >= 0.6 is 11.6 Å². The molecule has 1 heterocycles. The minimum Gasteiger partial charge on any atom is -0.329 e. The number of allylic oxidation sites excluding steroid dienone is 2. The normalized spacial score (nSPS) is 17.7. The van der Waals surface area contributed by atoms with Crippen LogP contribution in [0.5, 0.6) is 0 Å². The van der Waals surface area contributed by atoms with Gasteiger partial charge in [-0.15, -0.1) is 0 Å². The highest BCUT2D eigenvalue weighted by atomic mass is 35.5. The fraction of sp³-hybridized carbons (Fsp3) is 0.353. The van der Waals surface area contributed by atoms with E-state index in [4.69, 9.17) is 11.6 Å². The van der Waals surface area contributed by atoms with Crippen LogP contribution in [0.2, 0.25) is 5.02 Å². The first-order valence-electron chi connectivity index (χ1n) is 7.36. The summed E-state index contributed by atoms with van der Waals surface area (Å²) in [6.45, 7) is 4.97. The van der Waals surface area contributed by atoms with Crippen molar-refractivity contribution in [3.05, 3.63) is 40.1 Å². The fourth-order valence-electron chi connectivity index (χ4n) is 2.60. The van der Waals surface area contributed by atoms with Gasteiger partial charge in [0.2, 0.25) is 11.8 Å². The Balaban J connectivity index is 2.07. The first-order chi connectivity index (χ1) is 10.8. The lowest BCUT2D eigenvalue weighted by Gasteiger charge is -2.24. The summed E-state index contributed by atoms with van der Waals surface area (Å²) >= 11 is 6.02. The fourth-order valence-corrected chi connectivity index (χ4v) is 2.77. The van der Waals surface area contributed by atoms with Crippen molar-refractivity contribution >= 4 is 34.9 Å². The summed E-state index contributed by atoms with van der Waals surface area (Å²) < 4.78 is 0. The maximum Gasteiger partial charge on any atom is 0.228 e. The van der Waals surface area contributed by atoms with Gasteiger partial charge in [0.05, 0.1) is 5.92 Å². The van der Waals surface area contributed by atoms with Crippen LogP contribution in [0.3, 0.4) is 0 Å². The molecule has 6 heteroatoms. The lowest BCUT2D eigenvalue weighted by molar-refractivity contribution is -0.128. The molecular formula is C17H19ClN2O3. The van der Waals surface area contributed by atoms with E-state index in [0.717, 1.165) is 5.56 Å². The number of ketones is 1. The summed E-state index contributed by atoms with van der Waals surface area (Å²) in [6, 6.07) is 5.25. The third-order valence-corrected chi connectivity index (χ3v) is 4.39. The average Bonchev–Trinajstić information content (AvgIpc) is 2.46. The number of benzene rings is 1. The Morgan fingerprint density at radius 1 is 1.35 bits per heavy atom. The van der Waals surface area contributed by atoms with Gasteiger partial charge in [0.1, 0.15) is 0 Å². The molecule has 0 spiro atoms. The molecule has 0 saturated carbocycles. The van der Waals surface area contributed by atoms with Gasteiger partial charge in [-0.2, -0.15) is 0 Å². The SMILES string of the molecule is CC(=O)C1=C(C)NC(=O)C(CC(=O)Nc2cccc(Cl)c2C)C1. The summed E-state index contributed by atoms with van der Waals surface area (Å²) in [5.41, 5.74) is 2.54. The zero-order chi connectivity index (χ0) is 17.1. The minimum atomic E-state index is -0.544. The van der Waals surface area contributed by atoms with Gasteiger partial charge in [0.25, 0.3) is 0 Å². The van der Waals surface area contributed by atoms with Crippen LogP contribution in [0.15, 0.2) is 29.5 Å². The van der Waals surface area contributed by atoms with Crippen molar-refractivity contribution < 1.29 is 14.4 Å². The summed E-state index contributed by atoms with van der Waals surface area (Å²) in [5.74, 6) is -1.14. The van der Waals surface area contributed by atoms with E-state index in [9.17, 15) is 14.4 Å². The van der Waals surface area contributed by atoms with Crippen LogP contribution in [-0.4, -0.2) is 17.6 Å². The number of Topliss-reactive ketones (excluding diaryl/α,β-unsaturated/α-hetero) is 1. The zero-order valence-electron chi connectivity index (χ0n) is 13.3. The molecule has 1 aromatic rings. The molecule has 0 saturated heterocycles. The van der Waals surface area contributed by atoms with Crippen molar-refractivity contribution in [1.29, 1.82) is 0 Å². The highest BCUT2D eigenvalue weighted by molar-refractivity contribution is 6.31. The second-order valence-electron chi connectivity index (χ2n) is 5.71. The summed E-state index contributed by atoms with van der Waals surface area (Å²) in [5, 5.41) is 6.00. The van der Waals surface area contributed by atoms with Gasteiger partial charge >= 0.3 is 0 Å². The highest BCUT2D eigenvalue weighted by Crippen LogP contribution is 2.26. The molecular weight excluding hydrogens is 316 g/mol. The maximum atomic E-state index is 12.2. The molecule has 2 amide bonds. The van der Waals surface area contributed by atoms with Gasteiger partial charge in [0, 0.05) is 28.4 Å². The van der Waals surface area contributed by atoms with E-state index in [1.807, 2.05) is 6.92 Å². The predicted octanol–water partition coefficient (Wildman–Crippen LogP) is 2.98. The maximum absolute atomic E-state index is 12.2. The van der Waals surface area contributed by atoms with E-state index in [1.165, 1.54) is 6.92 Å². The van der Waals surface area contributed by atoms with Crippen LogP contribution in [0.1, 0.15) is 32.3 Å². The third kappa shape index (κ3) is 3.99. The number of rotatable bonds is 4. The van der Waals surface area contributed by atoms with E-state index < -0.39 is 5.92 Å². The Bertz CT molecular complexity index is 710. The number of carbonyl (C=O) groups excluding carboxylic acids is 3. The number of halogens is 1. The highest BCUT2D eigenvalue weighted by Gasteiger charge is 2.30. The Hall–Kier alpha value is -2.14. The monoisotopic (exact) mass is 334 g/mol. The molecule has 2 N–H and O–H groups in total. The molecule has 122 valence electrons. The van der Waals surface area contributed by atoms with Crippen LogP contribution in [0.25, 0.3) is 0 Å². The number of amides is 2. The Labute approximate surface area is 140 Å². The van der Waals surface area contributed by atoms with Gasteiger partial charge in [0.15, 0.2) is 5.78 Å². The molecule has 2 rings (SSSR count). The minimum absolute atomic E-state index is 0.0157. The molecule has 1 aliphatic heterocycles. The van der Waals surface area contributed by atoms with Crippen molar-refractivity contribution in [1.82, 2.24) is 5.32 Å². The van der Waals surface area contributed by atoms with Gasteiger partial charge < -0.3 is 10.6 Å². The van der Waals surface area contributed by atoms with Crippen molar-refractivity contribution in [3.8, 4) is 0 Å². The van der Waals surface area contributed by atoms with Crippen molar-refractivity contribution in [2.75, 3.05) is 5.32 Å². The topological polar surface area (TPSA) is 75.3 Å². The molecule has 0 fully saturated rings. The molecule has 0 aromatic heterocycles. The molecule has 1 aliphatic rings. The summed E-state index contributed by atoms with van der Waals surface area (Å²) in [4.78, 5) is 35.8. The second-order valence-corrected chi connectivity index (χ2v) is 6.12. The van der Waals surface area contributed by atoms with E-state index in [-0.39, 0.29) is 30.4 Å². The van der Waals surface area contributed by atoms with Gasteiger partial charge in [-0.05, 0) is 44.9 Å². The van der Waals surface area contributed by atoms with Crippen LogP contribution in [0.4, 0.5) is 5.69 Å². The van der Waals surface area contributed by atoms with E-state index in [2.05, 4.69) is 10.6 Å². The van der Waals surface area contributed by atoms with E-state index in [0.29, 0.717) is 22.0 Å². The number of hydrogen-bond acceptors (Lipinski definition) is 3. The standard InChI is InChI=1S/C17H19ClN2O3/c1-9-14(18)5-4-6-15(9)20-16(22)8-12-7-13(11(3)21)10(2)19-17(12)23/h4-6,12H,7-8H2,1-3H3,(H,19,23)(H,20,22). The molecule has 0 bridgehead atoms. The number of carbonyl (C=O) groups is 3. The number of nitrogens with one attached hydrogen (secondary N) is 2. The van der Waals surface area contributed by atoms with E-state index in [1.54, 1.807) is 25.1 Å². The Morgan fingerprint density at radius 2 is 2.04 bits per heavy atom. The van der Waals surface area contributed by atoms with E-state index >= 15 is 0 Å². The molecule has 1 unspecified atom stereocenters. The molecule has 1 atom stereocenters. The van der Waals surface area contributed by atoms with Gasteiger partial charge in [-0.3, -0.25) is 14.4 Å². The lowest BCUT2D eigenvalue weighted by Crippen LogP contribution is -2.38. The van der Waals surface area contributed by atoms with Crippen molar-refractivity contribution in [2.45, 2.75) is 33.6 Å². The lowest BCUT2D eigenvalue weighted by atomic mass is 9.89. The zero-order valence-corrected chi connectivity index (χ0v) is 14.1. The predicted molar refractivity (Wildman–Crippen MR) is 89.1 cm³/mol. The van der Waals surface area contributed by atoms with Crippen molar-refractivity contribution in [3.63, 3.8) is 0 Å². The molecule has 0 radical (unpaired) electrons. The molecule has 23 heavy (non-hydrogen) atoms. The summed E-state index contributed by atoms with van der Waals surface area (Å²) in [7, 11) is 0.